The molecule has 2 aromatic rings. The quantitative estimate of drug-likeness (QED) is 0.600. The standard InChI is InChI=1S/C10H9ClN2S.C3H7NO/c11-9-8-6-3-1-2-4-7(6)14-10(8)13-5-12-9;1-4(2)3-5/h5H,1-4H2;3H,1-2H3. The molecule has 6 heteroatoms. The summed E-state index contributed by atoms with van der Waals surface area (Å²) in [6.45, 7) is 0. The second kappa shape index (κ2) is 6.30. The molecule has 4 nitrogen and oxygen atoms in total. The van der Waals surface area contributed by atoms with Gasteiger partial charge in [0.25, 0.3) is 0 Å². The largest absolute Gasteiger partial charge is 0.351 e. The number of aromatic nitrogens is 2. The highest BCUT2D eigenvalue weighted by Gasteiger charge is 2.18. The summed E-state index contributed by atoms with van der Waals surface area (Å²) in [4.78, 5) is 21.7. The maximum absolute atomic E-state index is 9.43. The molecule has 1 aliphatic carbocycles. The Morgan fingerprint density at radius 2 is 2.00 bits per heavy atom. The minimum Gasteiger partial charge on any atom is -0.351 e. The predicted molar refractivity (Wildman–Crippen MR) is 78.8 cm³/mol. The van der Waals surface area contributed by atoms with Gasteiger partial charge in [-0.2, -0.15) is 0 Å². The van der Waals surface area contributed by atoms with Crippen LogP contribution in [0.4, 0.5) is 0 Å². The maximum atomic E-state index is 9.43. The summed E-state index contributed by atoms with van der Waals surface area (Å²) in [5.74, 6) is 0. The Bertz CT molecular complexity index is 583. The molecule has 102 valence electrons. The Morgan fingerprint density at radius 3 is 2.68 bits per heavy atom. The molecule has 3 rings (SSSR count). The van der Waals surface area contributed by atoms with E-state index in [1.807, 2.05) is 0 Å². The van der Waals surface area contributed by atoms with E-state index < -0.39 is 0 Å². The Hall–Kier alpha value is -1.20. The molecular formula is C13H16ClN3OS. The molecule has 2 heterocycles. The first-order valence-electron chi connectivity index (χ1n) is 6.16. The van der Waals surface area contributed by atoms with Crippen LogP contribution in [0, 0.1) is 0 Å². The number of hydrogen-bond donors (Lipinski definition) is 0. The molecule has 0 fully saturated rings. The smallest absolute Gasteiger partial charge is 0.209 e. The molecular weight excluding hydrogens is 282 g/mol. The average molecular weight is 298 g/mol. The van der Waals surface area contributed by atoms with Crippen molar-refractivity contribution in [1.82, 2.24) is 14.9 Å². The van der Waals surface area contributed by atoms with Crippen molar-refractivity contribution in [3.63, 3.8) is 0 Å². The molecule has 0 unspecified atom stereocenters. The van der Waals surface area contributed by atoms with E-state index in [2.05, 4.69) is 9.97 Å². The topological polar surface area (TPSA) is 46.1 Å². The SMILES string of the molecule is CN(C)C=O.Clc1ncnc2sc3c(c12)CCCC3. The van der Waals surface area contributed by atoms with Crippen LogP contribution in [0.2, 0.25) is 5.15 Å². The van der Waals surface area contributed by atoms with Crippen LogP contribution in [0.1, 0.15) is 23.3 Å². The van der Waals surface area contributed by atoms with Crippen molar-refractivity contribution in [1.29, 1.82) is 0 Å². The van der Waals surface area contributed by atoms with E-state index in [0.717, 1.165) is 23.0 Å². The lowest BCUT2D eigenvalue weighted by Gasteiger charge is -2.10. The number of amides is 1. The number of fused-ring (bicyclic) bond motifs is 3. The van der Waals surface area contributed by atoms with Crippen LogP contribution < -0.4 is 0 Å². The van der Waals surface area contributed by atoms with Crippen molar-refractivity contribution in [2.24, 2.45) is 0 Å². The van der Waals surface area contributed by atoms with Gasteiger partial charge in [0.05, 0.1) is 5.39 Å². The fourth-order valence-electron chi connectivity index (χ4n) is 2.05. The zero-order chi connectivity index (χ0) is 13.8. The van der Waals surface area contributed by atoms with Gasteiger partial charge in [-0.15, -0.1) is 11.3 Å². The van der Waals surface area contributed by atoms with E-state index >= 15 is 0 Å². The minimum atomic E-state index is 0.620. The van der Waals surface area contributed by atoms with E-state index in [1.54, 1.807) is 31.8 Å². The zero-order valence-electron chi connectivity index (χ0n) is 11.0. The third-order valence-electron chi connectivity index (χ3n) is 2.92. The highest BCUT2D eigenvalue weighted by atomic mass is 35.5. The normalized spacial score (nSPS) is 13.4. The molecule has 0 bridgehead atoms. The van der Waals surface area contributed by atoms with Gasteiger partial charge in [-0.1, -0.05) is 11.6 Å². The summed E-state index contributed by atoms with van der Waals surface area (Å²) in [5.41, 5.74) is 1.40. The number of thiophene rings is 1. The van der Waals surface area contributed by atoms with Gasteiger partial charge in [-0.25, -0.2) is 9.97 Å². The van der Waals surface area contributed by atoms with E-state index in [4.69, 9.17) is 11.6 Å². The van der Waals surface area contributed by atoms with Crippen LogP contribution in [0.15, 0.2) is 6.33 Å². The number of rotatable bonds is 1. The third kappa shape index (κ3) is 3.22. The molecule has 0 aliphatic heterocycles. The van der Waals surface area contributed by atoms with Crippen molar-refractivity contribution in [2.75, 3.05) is 14.1 Å². The summed E-state index contributed by atoms with van der Waals surface area (Å²) in [5, 5.41) is 1.73. The summed E-state index contributed by atoms with van der Waals surface area (Å²) in [6, 6.07) is 0. The third-order valence-corrected chi connectivity index (χ3v) is 4.40. The molecule has 0 saturated carbocycles. The number of carbonyl (C=O) groups excluding carboxylic acids is 1. The van der Waals surface area contributed by atoms with Crippen molar-refractivity contribution in [3.8, 4) is 0 Å². The Labute approximate surface area is 121 Å². The second-order valence-corrected chi connectivity index (χ2v) is 6.07. The Balaban J connectivity index is 0.000000232. The van der Waals surface area contributed by atoms with Crippen LogP contribution in [-0.4, -0.2) is 35.4 Å². The van der Waals surface area contributed by atoms with E-state index in [-0.39, 0.29) is 0 Å². The molecule has 1 amide bonds. The fraction of sp³-hybridized carbons (Fsp3) is 0.462. The Morgan fingerprint density at radius 1 is 1.32 bits per heavy atom. The first-order chi connectivity index (χ1) is 9.13. The van der Waals surface area contributed by atoms with Crippen LogP contribution >= 0.6 is 22.9 Å². The molecule has 0 spiro atoms. The Kier molecular flexibility index (Phi) is 4.71. The lowest BCUT2D eigenvalue weighted by molar-refractivity contribution is -0.115. The summed E-state index contributed by atoms with van der Waals surface area (Å²) < 4.78 is 0. The van der Waals surface area contributed by atoms with Crippen molar-refractivity contribution in [2.45, 2.75) is 25.7 Å². The first kappa shape index (κ1) is 14.2. The lowest BCUT2D eigenvalue weighted by Crippen LogP contribution is -2.06. The van der Waals surface area contributed by atoms with Gasteiger partial charge in [-0.3, -0.25) is 4.79 Å². The molecule has 0 radical (unpaired) electrons. The van der Waals surface area contributed by atoms with Crippen LogP contribution in [0.25, 0.3) is 10.2 Å². The van der Waals surface area contributed by atoms with Gasteiger partial charge in [0.1, 0.15) is 16.3 Å². The van der Waals surface area contributed by atoms with Gasteiger partial charge >= 0.3 is 0 Å². The van der Waals surface area contributed by atoms with Gasteiger partial charge in [0, 0.05) is 19.0 Å². The number of carbonyl (C=O) groups is 1. The first-order valence-corrected chi connectivity index (χ1v) is 7.35. The zero-order valence-corrected chi connectivity index (χ0v) is 12.6. The van der Waals surface area contributed by atoms with E-state index in [9.17, 15) is 4.79 Å². The molecule has 0 aromatic carbocycles. The molecule has 0 N–H and O–H groups in total. The summed E-state index contributed by atoms with van der Waals surface area (Å²) in [6.07, 6.45) is 7.19. The molecule has 0 saturated heterocycles. The average Bonchev–Trinajstić information content (AvgIpc) is 2.79. The lowest BCUT2D eigenvalue weighted by atomic mass is 9.97. The van der Waals surface area contributed by atoms with Gasteiger partial charge in [0.15, 0.2) is 0 Å². The van der Waals surface area contributed by atoms with Crippen LogP contribution in [-0.2, 0) is 17.6 Å². The number of aryl methyl sites for hydroxylation is 2. The van der Waals surface area contributed by atoms with Crippen molar-refractivity contribution in [3.05, 3.63) is 21.9 Å². The van der Waals surface area contributed by atoms with Gasteiger partial charge < -0.3 is 4.90 Å². The molecule has 2 aromatic heterocycles. The number of halogens is 1. The molecule has 1 aliphatic rings. The predicted octanol–water partition coefficient (Wildman–Crippen LogP) is 2.93. The van der Waals surface area contributed by atoms with Crippen molar-refractivity contribution < 1.29 is 4.79 Å². The summed E-state index contributed by atoms with van der Waals surface area (Å²) in [7, 11) is 3.38. The maximum Gasteiger partial charge on any atom is 0.209 e. The van der Waals surface area contributed by atoms with E-state index in [1.165, 1.54) is 34.6 Å². The van der Waals surface area contributed by atoms with Crippen molar-refractivity contribution >= 4 is 39.6 Å². The van der Waals surface area contributed by atoms with Gasteiger partial charge in [0.2, 0.25) is 6.41 Å². The molecule has 19 heavy (non-hydrogen) atoms. The van der Waals surface area contributed by atoms with Crippen LogP contribution in [0.3, 0.4) is 0 Å². The van der Waals surface area contributed by atoms with E-state index in [0.29, 0.717) is 5.15 Å². The highest BCUT2D eigenvalue weighted by Crippen LogP contribution is 2.37. The minimum absolute atomic E-state index is 0.620. The van der Waals surface area contributed by atoms with Gasteiger partial charge in [-0.05, 0) is 31.2 Å². The highest BCUT2D eigenvalue weighted by molar-refractivity contribution is 7.19. The summed E-state index contributed by atoms with van der Waals surface area (Å²) >= 11 is 7.87. The van der Waals surface area contributed by atoms with Crippen LogP contribution in [0.5, 0.6) is 0 Å². The number of hydrogen-bond acceptors (Lipinski definition) is 4. The second-order valence-electron chi connectivity index (χ2n) is 4.62. The fourth-order valence-corrected chi connectivity index (χ4v) is 3.58. The molecule has 0 atom stereocenters. The monoisotopic (exact) mass is 297 g/mol. The number of nitrogens with zero attached hydrogens (tertiary/aromatic N) is 3.